The van der Waals surface area contributed by atoms with Crippen LogP contribution in [0.5, 0.6) is 0 Å². The Bertz CT molecular complexity index is 736. The van der Waals surface area contributed by atoms with Crippen LogP contribution >= 0.6 is 27.5 Å². The lowest BCUT2D eigenvalue weighted by molar-refractivity contribution is 0.688. The van der Waals surface area contributed by atoms with Crippen molar-refractivity contribution >= 4 is 27.5 Å². The van der Waals surface area contributed by atoms with E-state index < -0.39 is 0 Å². The molecule has 0 atom stereocenters. The summed E-state index contributed by atoms with van der Waals surface area (Å²) in [6.07, 6.45) is 4.61. The van der Waals surface area contributed by atoms with Crippen molar-refractivity contribution < 1.29 is 0 Å². The van der Waals surface area contributed by atoms with Crippen LogP contribution in [0.4, 0.5) is 0 Å². The summed E-state index contributed by atoms with van der Waals surface area (Å²) in [5.41, 5.74) is 2.60. The lowest BCUT2D eigenvalue weighted by Crippen LogP contribution is -2.15. The van der Waals surface area contributed by atoms with E-state index in [9.17, 15) is 4.79 Å². The molecular formula is C16H16BrClN2O. The van der Waals surface area contributed by atoms with E-state index in [4.69, 9.17) is 16.6 Å². The molecule has 1 aliphatic carbocycles. The van der Waals surface area contributed by atoms with Gasteiger partial charge in [-0.1, -0.05) is 36.6 Å². The molecule has 0 bridgehead atoms. The summed E-state index contributed by atoms with van der Waals surface area (Å²) in [6.45, 7) is 1.95. The van der Waals surface area contributed by atoms with E-state index in [1.807, 2.05) is 25.1 Å². The number of nitrogens with one attached hydrogen (secondary N) is 1. The highest BCUT2D eigenvalue weighted by atomic mass is 79.9. The summed E-state index contributed by atoms with van der Waals surface area (Å²) in [5, 5.41) is 0.681. The van der Waals surface area contributed by atoms with Crippen molar-refractivity contribution in [1.82, 2.24) is 9.97 Å². The molecule has 0 spiro atoms. The molecule has 110 valence electrons. The molecule has 0 aliphatic heterocycles. The maximum atomic E-state index is 12.2. The number of benzene rings is 1. The molecule has 0 amide bonds. The second-order valence-corrected chi connectivity index (χ2v) is 6.76. The highest BCUT2D eigenvalue weighted by Gasteiger charge is 2.23. The van der Waals surface area contributed by atoms with Crippen LogP contribution in [0.3, 0.4) is 0 Å². The number of aryl methyl sites for hydroxylation is 1. The average Bonchev–Trinajstić information content (AvgIpc) is 2.98. The van der Waals surface area contributed by atoms with Crippen molar-refractivity contribution in [1.29, 1.82) is 0 Å². The molecule has 0 saturated heterocycles. The molecule has 3 rings (SSSR count). The second kappa shape index (κ2) is 5.93. The molecule has 1 aromatic carbocycles. The molecule has 1 saturated carbocycles. The molecule has 1 fully saturated rings. The van der Waals surface area contributed by atoms with Gasteiger partial charge in [0.05, 0.1) is 5.69 Å². The van der Waals surface area contributed by atoms with Crippen LogP contribution in [0.25, 0.3) is 11.4 Å². The molecular weight excluding hydrogens is 352 g/mol. The maximum absolute atomic E-state index is 12.2. The number of H-pyrrole nitrogens is 1. The minimum Gasteiger partial charge on any atom is -0.306 e. The summed E-state index contributed by atoms with van der Waals surface area (Å²) in [6, 6.07) is 5.72. The number of rotatable bonds is 2. The maximum Gasteiger partial charge on any atom is 0.265 e. The third-order valence-corrected chi connectivity index (χ3v) is 5.25. The minimum atomic E-state index is -0.126. The van der Waals surface area contributed by atoms with Gasteiger partial charge >= 0.3 is 0 Å². The van der Waals surface area contributed by atoms with Gasteiger partial charge < -0.3 is 4.98 Å². The van der Waals surface area contributed by atoms with Crippen LogP contribution in [0.15, 0.2) is 27.5 Å². The normalized spacial score (nSPS) is 15.6. The fourth-order valence-corrected chi connectivity index (χ4v) is 3.51. The number of nitrogens with zero attached hydrogens (tertiary/aromatic N) is 1. The van der Waals surface area contributed by atoms with Gasteiger partial charge in [0.1, 0.15) is 10.3 Å². The van der Waals surface area contributed by atoms with Gasteiger partial charge in [-0.15, -0.1) is 0 Å². The zero-order valence-electron chi connectivity index (χ0n) is 11.7. The van der Waals surface area contributed by atoms with Crippen molar-refractivity contribution in [3.63, 3.8) is 0 Å². The molecule has 2 aromatic rings. The second-order valence-electron chi connectivity index (χ2n) is 5.56. The summed E-state index contributed by atoms with van der Waals surface area (Å²) >= 11 is 9.56. The van der Waals surface area contributed by atoms with Gasteiger partial charge in [-0.2, -0.15) is 0 Å². The summed E-state index contributed by atoms with van der Waals surface area (Å²) in [7, 11) is 0. The van der Waals surface area contributed by atoms with Crippen molar-refractivity contribution in [2.24, 2.45) is 0 Å². The van der Waals surface area contributed by atoms with Gasteiger partial charge in [0.2, 0.25) is 0 Å². The Morgan fingerprint density at radius 2 is 2.05 bits per heavy atom. The Kier molecular flexibility index (Phi) is 4.18. The monoisotopic (exact) mass is 366 g/mol. The zero-order chi connectivity index (χ0) is 15.0. The molecule has 5 heteroatoms. The average molecular weight is 368 g/mol. The van der Waals surface area contributed by atoms with Gasteiger partial charge in [0.15, 0.2) is 0 Å². The summed E-state index contributed by atoms with van der Waals surface area (Å²) in [5.74, 6) is 0.966. The Balaban J connectivity index is 2.10. The van der Waals surface area contributed by atoms with E-state index in [0.717, 1.165) is 29.7 Å². The molecule has 0 radical (unpaired) electrons. The number of halogens is 2. The van der Waals surface area contributed by atoms with Crippen molar-refractivity contribution in [2.45, 2.75) is 38.5 Å². The predicted octanol–water partition coefficient (Wildman–Crippen LogP) is 4.82. The first kappa shape index (κ1) is 14.8. The lowest BCUT2D eigenvalue weighted by atomic mass is 10.0. The van der Waals surface area contributed by atoms with Gasteiger partial charge in [-0.3, -0.25) is 4.79 Å². The fraction of sp³-hybridized carbons (Fsp3) is 0.375. The molecule has 3 nitrogen and oxygen atoms in total. The zero-order valence-corrected chi connectivity index (χ0v) is 14.1. The van der Waals surface area contributed by atoms with Gasteiger partial charge in [-0.05, 0) is 47.3 Å². The van der Waals surface area contributed by atoms with Gasteiger partial charge in [0, 0.05) is 16.5 Å². The molecule has 1 heterocycles. The number of aromatic nitrogens is 2. The van der Waals surface area contributed by atoms with Crippen molar-refractivity contribution in [2.75, 3.05) is 0 Å². The van der Waals surface area contributed by atoms with Gasteiger partial charge in [0.25, 0.3) is 5.56 Å². The van der Waals surface area contributed by atoms with E-state index in [1.165, 1.54) is 12.8 Å². The van der Waals surface area contributed by atoms with E-state index in [0.29, 0.717) is 21.2 Å². The number of aromatic amines is 1. The highest BCUT2D eigenvalue weighted by Crippen LogP contribution is 2.36. The standard InChI is InChI=1S/C16H16BrClN2O/c1-9-6-7-11(8-12(9)18)15-19-14(10-4-2-3-5-10)13(17)16(21)20-15/h6-8,10H,2-5H2,1H3,(H,19,20,21). The Labute approximate surface area is 136 Å². The number of hydrogen-bond donors (Lipinski definition) is 1. The molecule has 1 aromatic heterocycles. The highest BCUT2D eigenvalue weighted by molar-refractivity contribution is 9.10. The van der Waals surface area contributed by atoms with Gasteiger partial charge in [-0.25, -0.2) is 4.98 Å². The van der Waals surface area contributed by atoms with Crippen molar-refractivity contribution in [3.8, 4) is 11.4 Å². The molecule has 0 unspecified atom stereocenters. The summed E-state index contributed by atoms with van der Waals surface area (Å²) in [4.78, 5) is 19.7. The SMILES string of the molecule is Cc1ccc(-c2nc(C3CCCC3)c(Br)c(=O)[nH]2)cc1Cl. The van der Waals surface area contributed by atoms with E-state index in [-0.39, 0.29) is 5.56 Å². The Hall–Kier alpha value is -1.13. The van der Waals surface area contributed by atoms with Crippen LogP contribution in [0, 0.1) is 6.92 Å². The molecule has 21 heavy (non-hydrogen) atoms. The van der Waals surface area contributed by atoms with E-state index >= 15 is 0 Å². The van der Waals surface area contributed by atoms with E-state index in [1.54, 1.807) is 0 Å². The Morgan fingerprint density at radius 1 is 1.33 bits per heavy atom. The van der Waals surface area contributed by atoms with Crippen molar-refractivity contribution in [3.05, 3.63) is 49.3 Å². The van der Waals surface area contributed by atoms with Crippen LogP contribution in [0.1, 0.15) is 42.9 Å². The topological polar surface area (TPSA) is 45.8 Å². The summed E-state index contributed by atoms with van der Waals surface area (Å²) < 4.78 is 0.566. The van der Waals surface area contributed by atoms with E-state index in [2.05, 4.69) is 20.9 Å². The first-order chi connectivity index (χ1) is 10.1. The van der Waals surface area contributed by atoms with Crippen LogP contribution in [0.2, 0.25) is 5.02 Å². The largest absolute Gasteiger partial charge is 0.306 e. The smallest absolute Gasteiger partial charge is 0.265 e. The quantitative estimate of drug-likeness (QED) is 0.827. The first-order valence-electron chi connectivity index (χ1n) is 7.12. The van der Waals surface area contributed by atoms with Crippen LogP contribution in [-0.4, -0.2) is 9.97 Å². The number of hydrogen-bond acceptors (Lipinski definition) is 2. The third kappa shape index (κ3) is 2.92. The molecule has 1 N–H and O–H groups in total. The Morgan fingerprint density at radius 3 is 2.71 bits per heavy atom. The van der Waals surface area contributed by atoms with Crippen LogP contribution < -0.4 is 5.56 Å². The lowest BCUT2D eigenvalue weighted by Gasteiger charge is -2.12. The first-order valence-corrected chi connectivity index (χ1v) is 8.29. The fourth-order valence-electron chi connectivity index (χ4n) is 2.82. The third-order valence-electron chi connectivity index (χ3n) is 4.08. The minimum absolute atomic E-state index is 0.126. The predicted molar refractivity (Wildman–Crippen MR) is 88.9 cm³/mol. The molecule has 1 aliphatic rings. The van der Waals surface area contributed by atoms with Crippen LogP contribution in [-0.2, 0) is 0 Å².